The highest BCUT2D eigenvalue weighted by atomic mass is 16.6. The number of hydrogen-bond donors (Lipinski definition) is 0. The molecule has 2 atom stereocenters. The molecular weight excluding hydrogens is 264 g/mol. The molecule has 2 aromatic carbocycles. The van der Waals surface area contributed by atoms with Crippen molar-refractivity contribution < 1.29 is 14.3 Å². The molecule has 0 radical (unpaired) electrons. The number of hydrogen-bond acceptors (Lipinski definition) is 3. The molecule has 0 unspecified atom stereocenters. The van der Waals surface area contributed by atoms with Crippen LogP contribution in [0.2, 0.25) is 0 Å². The van der Waals surface area contributed by atoms with Crippen molar-refractivity contribution in [3.63, 3.8) is 0 Å². The molecule has 108 valence electrons. The van der Waals surface area contributed by atoms with Gasteiger partial charge in [0, 0.05) is 0 Å². The summed E-state index contributed by atoms with van der Waals surface area (Å²) in [6.07, 6.45) is 0.674. The number of esters is 1. The van der Waals surface area contributed by atoms with Crippen LogP contribution in [0.5, 0.6) is 0 Å². The van der Waals surface area contributed by atoms with Gasteiger partial charge in [0.15, 0.2) is 0 Å². The Morgan fingerprint density at radius 2 is 1.62 bits per heavy atom. The van der Waals surface area contributed by atoms with Crippen LogP contribution in [0.3, 0.4) is 0 Å². The molecule has 0 bridgehead atoms. The van der Waals surface area contributed by atoms with Gasteiger partial charge in [0.05, 0.1) is 18.6 Å². The standard InChI is InChI=1S/C18H18O3/c19-18(21-12-15-9-5-2-6-10-15)16(17-13-20-17)11-14-7-3-1-4-8-14/h1-10,16-17H,11-13H2/t16-,17-/m1/s1. The SMILES string of the molecule is O=C(OCc1ccccc1)[C@H](Cc1ccccc1)[C@H]1CO1. The van der Waals surface area contributed by atoms with Gasteiger partial charge in [-0.2, -0.15) is 0 Å². The van der Waals surface area contributed by atoms with E-state index in [4.69, 9.17) is 9.47 Å². The molecule has 1 fully saturated rings. The van der Waals surface area contributed by atoms with Crippen LogP contribution >= 0.6 is 0 Å². The Labute approximate surface area is 124 Å². The van der Waals surface area contributed by atoms with Gasteiger partial charge in [0.1, 0.15) is 6.61 Å². The van der Waals surface area contributed by atoms with Crippen molar-refractivity contribution in [2.45, 2.75) is 19.1 Å². The molecule has 0 aromatic heterocycles. The van der Waals surface area contributed by atoms with Crippen LogP contribution in [0.15, 0.2) is 60.7 Å². The molecule has 3 nitrogen and oxygen atoms in total. The predicted molar refractivity (Wildman–Crippen MR) is 79.6 cm³/mol. The van der Waals surface area contributed by atoms with E-state index in [2.05, 4.69) is 0 Å². The van der Waals surface area contributed by atoms with E-state index in [0.29, 0.717) is 19.6 Å². The van der Waals surface area contributed by atoms with Gasteiger partial charge in [0.25, 0.3) is 0 Å². The number of carbonyl (C=O) groups is 1. The number of ether oxygens (including phenoxy) is 2. The Bertz CT molecular complexity index is 576. The first-order valence-corrected chi connectivity index (χ1v) is 7.19. The third kappa shape index (κ3) is 3.92. The zero-order valence-corrected chi connectivity index (χ0v) is 11.8. The van der Waals surface area contributed by atoms with E-state index in [1.165, 1.54) is 0 Å². The monoisotopic (exact) mass is 282 g/mol. The fraction of sp³-hybridized carbons (Fsp3) is 0.278. The summed E-state index contributed by atoms with van der Waals surface area (Å²) < 4.78 is 10.8. The maximum absolute atomic E-state index is 12.3. The highest BCUT2D eigenvalue weighted by molar-refractivity contribution is 5.74. The summed E-state index contributed by atoms with van der Waals surface area (Å²) in [5.41, 5.74) is 2.13. The van der Waals surface area contributed by atoms with E-state index < -0.39 is 0 Å². The number of benzene rings is 2. The Morgan fingerprint density at radius 1 is 1.05 bits per heavy atom. The predicted octanol–water partition coefficient (Wildman–Crippen LogP) is 2.99. The second-order valence-electron chi connectivity index (χ2n) is 5.26. The molecular formula is C18H18O3. The second kappa shape index (κ2) is 6.55. The zero-order chi connectivity index (χ0) is 14.5. The molecule has 1 aliphatic heterocycles. The van der Waals surface area contributed by atoms with Gasteiger partial charge in [-0.25, -0.2) is 0 Å². The molecule has 0 amide bonds. The van der Waals surface area contributed by atoms with Gasteiger partial charge < -0.3 is 9.47 Å². The molecule has 1 saturated heterocycles. The van der Waals surface area contributed by atoms with Crippen LogP contribution in [-0.4, -0.2) is 18.7 Å². The van der Waals surface area contributed by atoms with Crippen molar-refractivity contribution in [3.05, 3.63) is 71.8 Å². The largest absolute Gasteiger partial charge is 0.461 e. The average molecular weight is 282 g/mol. The lowest BCUT2D eigenvalue weighted by Crippen LogP contribution is -2.25. The highest BCUT2D eigenvalue weighted by Crippen LogP contribution is 2.25. The van der Waals surface area contributed by atoms with E-state index in [0.717, 1.165) is 11.1 Å². The number of rotatable bonds is 6. The van der Waals surface area contributed by atoms with E-state index in [-0.39, 0.29) is 18.0 Å². The fourth-order valence-corrected chi connectivity index (χ4v) is 2.36. The number of carbonyl (C=O) groups excluding carboxylic acids is 1. The smallest absolute Gasteiger partial charge is 0.312 e. The van der Waals surface area contributed by atoms with Gasteiger partial charge in [0.2, 0.25) is 0 Å². The topological polar surface area (TPSA) is 38.8 Å². The zero-order valence-electron chi connectivity index (χ0n) is 11.8. The summed E-state index contributed by atoms with van der Waals surface area (Å²) in [5.74, 6) is -0.388. The highest BCUT2D eigenvalue weighted by Gasteiger charge is 2.38. The van der Waals surface area contributed by atoms with Crippen molar-refractivity contribution in [1.82, 2.24) is 0 Å². The summed E-state index contributed by atoms with van der Waals surface area (Å²) in [7, 11) is 0. The Hall–Kier alpha value is -2.13. The average Bonchev–Trinajstić information content (AvgIpc) is 3.37. The van der Waals surface area contributed by atoms with Crippen LogP contribution in [0.25, 0.3) is 0 Å². The molecule has 21 heavy (non-hydrogen) atoms. The molecule has 3 rings (SSSR count). The van der Waals surface area contributed by atoms with Crippen LogP contribution in [0.4, 0.5) is 0 Å². The first kappa shape index (κ1) is 13.8. The van der Waals surface area contributed by atoms with Gasteiger partial charge in [-0.3, -0.25) is 4.79 Å². The van der Waals surface area contributed by atoms with Crippen molar-refractivity contribution in [3.8, 4) is 0 Å². The fourth-order valence-electron chi connectivity index (χ4n) is 2.36. The minimum absolute atomic E-state index is 0.00785. The summed E-state index contributed by atoms with van der Waals surface area (Å²) in [4.78, 5) is 12.3. The van der Waals surface area contributed by atoms with Gasteiger partial charge >= 0.3 is 5.97 Å². The molecule has 2 aromatic rings. The minimum Gasteiger partial charge on any atom is -0.461 e. The second-order valence-corrected chi connectivity index (χ2v) is 5.26. The molecule has 0 aliphatic carbocycles. The third-order valence-electron chi connectivity index (χ3n) is 3.63. The molecule has 0 spiro atoms. The lowest BCUT2D eigenvalue weighted by molar-refractivity contribution is -0.150. The van der Waals surface area contributed by atoms with E-state index in [1.54, 1.807) is 0 Å². The third-order valence-corrected chi connectivity index (χ3v) is 3.63. The summed E-state index contributed by atoms with van der Waals surface area (Å²) >= 11 is 0. The molecule has 1 heterocycles. The van der Waals surface area contributed by atoms with Crippen LogP contribution in [0.1, 0.15) is 11.1 Å². The summed E-state index contributed by atoms with van der Waals surface area (Å²) in [5, 5.41) is 0. The Morgan fingerprint density at radius 3 is 2.19 bits per heavy atom. The maximum Gasteiger partial charge on any atom is 0.312 e. The quantitative estimate of drug-likeness (QED) is 0.604. The van der Waals surface area contributed by atoms with E-state index in [9.17, 15) is 4.79 Å². The normalized spacial score (nSPS) is 18.0. The van der Waals surface area contributed by atoms with E-state index in [1.807, 2.05) is 60.7 Å². The Balaban J connectivity index is 1.60. The van der Waals surface area contributed by atoms with Gasteiger partial charge in [-0.1, -0.05) is 60.7 Å². The van der Waals surface area contributed by atoms with E-state index >= 15 is 0 Å². The van der Waals surface area contributed by atoms with Crippen LogP contribution < -0.4 is 0 Å². The molecule has 1 aliphatic rings. The summed E-state index contributed by atoms with van der Waals surface area (Å²) in [6.45, 7) is 0.968. The van der Waals surface area contributed by atoms with Crippen molar-refractivity contribution >= 4 is 5.97 Å². The first-order valence-electron chi connectivity index (χ1n) is 7.19. The number of epoxide rings is 1. The van der Waals surface area contributed by atoms with Crippen molar-refractivity contribution in [2.24, 2.45) is 5.92 Å². The van der Waals surface area contributed by atoms with Crippen LogP contribution in [-0.2, 0) is 27.3 Å². The summed E-state index contributed by atoms with van der Waals surface area (Å²) in [6, 6.07) is 19.7. The minimum atomic E-state index is -0.212. The molecule has 0 saturated carbocycles. The van der Waals surface area contributed by atoms with Crippen molar-refractivity contribution in [2.75, 3.05) is 6.61 Å². The Kier molecular flexibility index (Phi) is 4.31. The van der Waals surface area contributed by atoms with Crippen molar-refractivity contribution in [1.29, 1.82) is 0 Å². The lowest BCUT2D eigenvalue weighted by Gasteiger charge is -2.14. The van der Waals surface area contributed by atoms with Gasteiger partial charge in [-0.05, 0) is 17.5 Å². The van der Waals surface area contributed by atoms with Gasteiger partial charge in [-0.15, -0.1) is 0 Å². The maximum atomic E-state index is 12.3. The van der Waals surface area contributed by atoms with Crippen LogP contribution in [0, 0.1) is 5.92 Å². The lowest BCUT2D eigenvalue weighted by atomic mass is 9.96. The first-order chi connectivity index (χ1) is 10.3. The molecule has 3 heteroatoms. The molecule has 0 N–H and O–H groups in total.